The second kappa shape index (κ2) is 5.11. The van der Waals surface area contributed by atoms with Crippen molar-refractivity contribution >= 4 is 0 Å². The van der Waals surface area contributed by atoms with Gasteiger partial charge in [-0.25, -0.2) is 0 Å². The fraction of sp³-hybridized carbons (Fsp3) is 0.312. The second-order valence-corrected chi connectivity index (χ2v) is 5.26. The summed E-state index contributed by atoms with van der Waals surface area (Å²) >= 11 is 0. The molecule has 0 aliphatic heterocycles. The van der Waals surface area contributed by atoms with Crippen LogP contribution in [0.1, 0.15) is 40.9 Å². The Bertz CT molecular complexity index is 580. The van der Waals surface area contributed by atoms with E-state index in [4.69, 9.17) is 5.84 Å². The molecule has 3 heteroatoms. The number of pyridine rings is 1. The summed E-state index contributed by atoms with van der Waals surface area (Å²) in [4.78, 5) is 4.57. The smallest absolute Gasteiger partial charge is 0.0638 e. The zero-order chi connectivity index (χ0) is 13.2. The van der Waals surface area contributed by atoms with Crippen LogP contribution in [-0.4, -0.2) is 4.98 Å². The maximum absolute atomic E-state index is 5.71. The van der Waals surface area contributed by atoms with Gasteiger partial charge in [0.1, 0.15) is 0 Å². The van der Waals surface area contributed by atoms with E-state index in [1.165, 1.54) is 11.1 Å². The van der Waals surface area contributed by atoms with Gasteiger partial charge in [0.05, 0.1) is 11.7 Å². The molecular weight excluding hydrogens is 234 g/mol. The Labute approximate surface area is 113 Å². The van der Waals surface area contributed by atoms with E-state index in [1.807, 2.05) is 25.1 Å². The van der Waals surface area contributed by atoms with E-state index in [1.54, 1.807) is 0 Å². The van der Waals surface area contributed by atoms with Gasteiger partial charge in [0.15, 0.2) is 0 Å². The van der Waals surface area contributed by atoms with Crippen LogP contribution in [-0.2, 0) is 6.42 Å². The second-order valence-electron chi connectivity index (χ2n) is 5.26. The van der Waals surface area contributed by atoms with E-state index in [0.717, 1.165) is 24.2 Å². The average molecular weight is 253 g/mol. The predicted molar refractivity (Wildman–Crippen MR) is 76.5 cm³/mol. The quantitative estimate of drug-likeness (QED) is 0.650. The zero-order valence-corrected chi connectivity index (χ0v) is 11.1. The molecule has 1 heterocycles. The Morgan fingerprint density at radius 2 is 2.11 bits per heavy atom. The minimum absolute atomic E-state index is 0.123. The lowest BCUT2D eigenvalue weighted by molar-refractivity contribution is 0.428. The summed E-state index contributed by atoms with van der Waals surface area (Å²) < 4.78 is 0. The van der Waals surface area contributed by atoms with Crippen molar-refractivity contribution < 1.29 is 0 Å². The van der Waals surface area contributed by atoms with Crippen LogP contribution in [0.15, 0.2) is 42.5 Å². The predicted octanol–water partition coefficient (Wildman–Crippen LogP) is 2.62. The summed E-state index contributed by atoms with van der Waals surface area (Å²) in [6.45, 7) is 2.01. The molecule has 1 aromatic heterocycles. The fourth-order valence-corrected chi connectivity index (χ4v) is 2.89. The Hall–Kier alpha value is -1.71. The van der Waals surface area contributed by atoms with E-state index in [-0.39, 0.29) is 6.04 Å². The van der Waals surface area contributed by atoms with Crippen LogP contribution in [0.3, 0.4) is 0 Å². The first-order valence-electron chi connectivity index (χ1n) is 6.75. The van der Waals surface area contributed by atoms with E-state index >= 15 is 0 Å². The molecule has 0 amide bonds. The molecule has 1 aromatic carbocycles. The van der Waals surface area contributed by atoms with Crippen LogP contribution < -0.4 is 11.3 Å². The van der Waals surface area contributed by atoms with Crippen molar-refractivity contribution in [1.82, 2.24) is 10.4 Å². The van der Waals surface area contributed by atoms with Crippen LogP contribution in [0, 0.1) is 6.92 Å². The molecule has 0 spiro atoms. The highest BCUT2D eigenvalue weighted by Crippen LogP contribution is 2.40. The van der Waals surface area contributed by atoms with Gasteiger partial charge in [-0.05, 0) is 48.9 Å². The third-order valence-electron chi connectivity index (χ3n) is 3.95. The first-order chi connectivity index (χ1) is 9.28. The highest BCUT2D eigenvalue weighted by molar-refractivity contribution is 5.40. The fourth-order valence-electron chi connectivity index (χ4n) is 2.89. The van der Waals surface area contributed by atoms with E-state index in [2.05, 4.69) is 34.7 Å². The number of hydrogen-bond acceptors (Lipinski definition) is 3. The molecular formula is C16H19N3. The number of hydrazine groups is 1. The number of fused-ring (bicyclic) bond motifs is 1. The topological polar surface area (TPSA) is 50.9 Å². The van der Waals surface area contributed by atoms with Gasteiger partial charge in [0.25, 0.3) is 0 Å². The van der Waals surface area contributed by atoms with Gasteiger partial charge < -0.3 is 0 Å². The molecule has 1 aliphatic carbocycles. The van der Waals surface area contributed by atoms with Gasteiger partial charge >= 0.3 is 0 Å². The van der Waals surface area contributed by atoms with Crippen LogP contribution in [0.25, 0.3) is 0 Å². The summed E-state index contributed by atoms with van der Waals surface area (Å²) in [7, 11) is 0. The number of aryl methyl sites for hydroxylation is 1. The Kier molecular flexibility index (Phi) is 3.32. The zero-order valence-electron chi connectivity index (χ0n) is 11.1. The maximum Gasteiger partial charge on any atom is 0.0638 e. The van der Waals surface area contributed by atoms with Crippen molar-refractivity contribution in [3.63, 3.8) is 0 Å². The molecule has 0 fully saturated rings. The molecule has 3 N–H and O–H groups in total. The number of hydrogen-bond donors (Lipinski definition) is 2. The van der Waals surface area contributed by atoms with Gasteiger partial charge in [-0.15, -0.1) is 0 Å². The summed E-state index contributed by atoms with van der Waals surface area (Å²) in [5.74, 6) is 6.31. The van der Waals surface area contributed by atoms with Crippen LogP contribution in [0.5, 0.6) is 0 Å². The Morgan fingerprint density at radius 3 is 2.84 bits per heavy atom. The van der Waals surface area contributed by atoms with Crippen molar-refractivity contribution in [3.05, 3.63) is 65.0 Å². The molecule has 3 rings (SSSR count). The number of rotatable bonds is 4. The van der Waals surface area contributed by atoms with Crippen molar-refractivity contribution in [1.29, 1.82) is 0 Å². The van der Waals surface area contributed by atoms with Crippen molar-refractivity contribution in [2.24, 2.45) is 5.84 Å². The van der Waals surface area contributed by atoms with Crippen molar-refractivity contribution in [2.75, 3.05) is 0 Å². The molecule has 2 aromatic rings. The SMILES string of the molecule is Cc1cccc(C(CC2Cc3ccccc32)NN)n1. The van der Waals surface area contributed by atoms with Crippen molar-refractivity contribution in [3.8, 4) is 0 Å². The Morgan fingerprint density at radius 1 is 1.26 bits per heavy atom. The number of nitrogens with two attached hydrogens (primary N) is 1. The van der Waals surface area contributed by atoms with Gasteiger partial charge in [-0.3, -0.25) is 16.3 Å². The van der Waals surface area contributed by atoms with Gasteiger partial charge in [-0.2, -0.15) is 0 Å². The maximum atomic E-state index is 5.71. The molecule has 1 aliphatic rings. The third kappa shape index (κ3) is 2.39. The van der Waals surface area contributed by atoms with E-state index < -0.39 is 0 Å². The molecule has 3 nitrogen and oxygen atoms in total. The highest BCUT2D eigenvalue weighted by Gasteiger charge is 2.28. The van der Waals surface area contributed by atoms with Crippen molar-refractivity contribution in [2.45, 2.75) is 31.7 Å². The lowest BCUT2D eigenvalue weighted by atomic mass is 9.74. The molecule has 0 bridgehead atoms. The molecule has 2 unspecified atom stereocenters. The van der Waals surface area contributed by atoms with Crippen LogP contribution in [0.2, 0.25) is 0 Å². The lowest BCUT2D eigenvalue weighted by Crippen LogP contribution is -2.32. The summed E-state index contributed by atoms with van der Waals surface area (Å²) in [5, 5.41) is 0. The number of benzene rings is 1. The number of nitrogens with one attached hydrogen (secondary N) is 1. The molecule has 0 saturated carbocycles. The van der Waals surface area contributed by atoms with E-state index in [9.17, 15) is 0 Å². The summed E-state index contributed by atoms with van der Waals surface area (Å²) in [6.07, 6.45) is 2.16. The summed E-state index contributed by atoms with van der Waals surface area (Å²) in [5.41, 5.74) is 7.92. The first kappa shape index (κ1) is 12.3. The number of nitrogens with zero attached hydrogens (tertiary/aromatic N) is 1. The standard InChI is InChI=1S/C16H19N3/c1-11-5-4-8-15(18-11)16(19-17)10-13-9-12-6-2-3-7-14(12)13/h2-8,13,16,19H,9-10,17H2,1H3. The van der Waals surface area contributed by atoms with E-state index in [0.29, 0.717) is 5.92 Å². The minimum Gasteiger partial charge on any atom is -0.271 e. The van der Waals surface area contributed by atoms with Gasteiger partial charge in [0.2, 0.25) is 0 Å². The highest BCUT2D eigenvalue weighted by atomic mass is 15.2. The number of aromatic nitrogens is 1. The normalized spacial score (nSPS) is 18.5. The molecule has 98 valence electrons. The monoisotopic (exact) mass is 253 g/mol. The Balaban J connectivity index is 1.76. The minimum atomic E-state index is 0.123. The largest absolute Gasteiger partial charge is 0.271 e. The van der Waals surface area contributed by atoms with Gasteiger partial charge in [-0.1, -0.05) is 30.3 Å². The van der Waals surface area contributed by atoms with Crippen LogP contribution in [0.4, 0.5) is 0 Å². The molecule has 2 atom stereocenters. The first-order valence-corrected chi connectivity index (χ1v) is 6.75. The summed E-state index contributed by atoms with van der Waals surface area (Å²) in [6, 6.07) is 14.9. The third-order valence-corrected chi connectivity index (χ3v) is 3.95. The molecule has 19 heavy (non-hydrogen) atoms. The molecule has 0 radical (unpaired) electrons. The van der Waals surface area contributed by atoms with Gasteiger partial charge in [0, 0.05) is 5.69 Å². The molecule has 0 saturated heterocycles. The lowest BCUT2D eigenvalue weighted by Gasteiger charge is -2.32. The van der Waals surface area contributed by atoms with Crippen LogP contribution >= 0.6 is 0 Å². The average Bonchev–Trinajstić information content (AvgIpc) is 2.40.